The molecule has 1 unspecified atom stereocenters. The van der Waals surface area contributed by atoms with E-state index in [1.165, 1.54) is 36.4 Å². The first kappa shape index (κ1) is 14.0. The Morgan fingerprint density at radius 1 is 1.11 bits per heavy atom. The van der Waals surface area contributed by atoms with E-state index < -0.39 is 17.2 Å². The second kappa shape index (κ2) is 5.27. The van der Waals surface area contributed by atoms with Gasteiger partial charge in [-0.15, -0.1) is 0 Å². The lowest BCUT2D eigenvalue weighted by atomic mass is 9.89. The van der Waals surface area contributed by atoms with E-state index in [9.17, 15) is 13.9 Å². The minimum atomic E-state index is -1.27. The Hall–Kier alpha value is -1.45. The zero-order valence-electron chi connectivity index (χ0n) is 10.3. The van der Waals surface area contributed by atoms with Gasteiger partial charge in [0.15, 0.2) is 0 Å². The van der Waals surface area contributed by atoms with Gasteiger partial charge in [-0.2, -0.15) is 0 Å². The first-order valence-electron chi connectivity index (χ1n) is 5.81. The molecule has 1 atom stereocenters. The standard InChI is InChI=1S/C15H13ClF2O/c1-15(19,11-3-2-4-12(17)7-11)9-10-5-6-13(18)8-14(10)16/h2-8,19H,9H2,1H3. The van der Waals surface area contributed by atoms with Crippen LogP contribution in [0.1, 0.15) is 18.1 Å². The minimum absolute atomic E-state index is 0.176. The van der Waals surface area contributed by atoms with Crippen LogP contribution in [0.4, 0.5) is 8.78 Å². The fourth-order valence-electron chi connectivity index (χ4n) is 1.96. The van der Waals surface area contributed by atoms with Crippen LogP contribution < -0.4 is 0 Å². The molecule has 0 saturated carbocycles. The monoisotopic (exact) mass is 282 g/mol. The Morgan fingerprint density at radius 2 is 1.79 bits per heavy atom. The maximum absolute atomic E-state index is 13.2. The Labute approximate surface area is 115 Å². The number of aliphatic hydroxyl groups is 1. The highest BCUT2D eigenvalue weighted by atomic mass is 35.5. The van der Waals surface area contributed by atoms with E-state index in [1.54, 1.807) is 13.0 Å². The molecule has 1 N–H and O–H groups in total. The minimum Gasteiger partial charge on any atom is -0.385 e. The number of benzene rings is 2. The van der Waals surface area contributed by atoms with E-state index in [4.69, 9.17) is 11.6 Å². The molecule has 0 aliphatic carbocycles. The van der Waals surface area contributed by atoms with E-state index in [0.717, 1.165) is 0 Å². The third-order valence-electron chi connectivity index (χ3n) is 3.00. The van der Waals surface area contributed by atoms with Crippen molar-refractivity contribution in [3.05, 3.63) is 70.2 Å². The zero-order valence-corrected chi connectivity index (χ0v) is 11.1. The summed E-state index contributed by atoms with van der Waals surface area (Å²) in [6.07, 6.45) is 0.176. The van der Waals surface area contributed by atoms with Gasteiger partial charge in [0.1, 0.15) is 11.6 Å². The van der Waals surface area contributed by atoms with Crippen LogP contribution >= 0.6 is 11.6 Å². The molecule has 0 aliphatic rings. The van der Waals surface area contributed by atoms with E-state index in [2.05, 4.69) is 0 Å². The summed E-state index contributed by atoms with van der Waals surface area (Å²) in [5, 5.41) is 10.7. The quantitative estimate of drug-likeness (QED) is 0.900. The summed E-state index contributed by atoms with van der Waals surface area (Å²) in [6.45, 7) is 1.57. The summed E-state index contributed by atoms with van der Waals surface area (Å²) < 4.78 is 26.1. The molecule has 2 aromatic carbocycles. The normalized spacial score (nSPS) is 14.2. The summed E-state index contributed by atoms with van der Waals surface area (Å²) in [4.78, 5) is 0. The van der Waals surface area contributed by atoms with Gasteiger partial charge in [0.2, 0.25) is 0 Å². The zero-order chi connectivity index (χ0) is 14.0. The smallest absolute Gasteiger partial charge is 0.124 e. The summed E-state index contributed by atoms with van der Waals surface area (Å²) in [6, 6.07) is 9.75. The van der Waals surface area contributed by atoms with Crippen LogP contribution in [0.15, 0.2) is 42.5 Å². The highest BCUT2D eigenvalue weighted by molar-refractivity contribution is 6.31. The van der Waals surface area contributed by atoms with Crippen molar-refractivity contribution in [1.29, 1.82) is 0 Å². The van der Waals surface area contributed by atoms with Crippen LogP contribution in [-0.2, 0) is 12.0 Å². The van der Waals surface area contributed by atoms with Crippen LogP contribution in [0, 0.1) is 11.6 Å². The summed E-state index contributed by atoms with van der Waals surface area (Å²) in [7, 11) is 0. The molecule has 0 fully saturated rings. The van der Waals surface area contributed by atoms with Crippen molar-refractivity contribution in [3.8, 4) is 0 Å². The van der Waals surface area contributed by atoms with Crippen LogP contribution in [-0.4, -0.2) is 5.11 Å². The van der Waals surface area contributed by atoms with Crippen molar-refractivity contribution in [1.82, 2.24) is 0 Å². The Bertz CT molecular complexity index is 596. The highest BCUT2D eigenvalue weighted by Crippen LogP contribution is 2.29. The lowest BCUT2D eigenvalue weighted by molar-refractivity contribution is 0.0573. The van der Waals surface area contributed by atoms with Crippen LogP contribution in [0.5, 0.6) is 0 Å². The van der Waals surface area contributed by atoms with Gasteiger partial charge in [0.05, 0.1) is 5.60 Å². The molecular weight excluding hydrogens is 270 g/mol. The van der Waals surface area contributed by atoms with Gasteiger partial charge < -0.3 is 5.11 Å². The molecule has 0 aromatic heterocycles. The van der Waals surface area contributed by atoms with Crippen LogP contribution in [0.25, 0.3) is 0 Å². The van der Waals surface area contributed by atoms with Crippen molar-refractivity contribution in [3.63, 3.8) is 0 Å². The molecule has 0 amide bonds. The van der Waals surface area contributed by atoms with Crippen LogP contribution in [0.3, 0.4) is 0 Å². The molecule has 19 heavy (non-hydrogen) atoms. The predicted octanol–water partition coefficient (Wildman–Crippen LogP) is 4.07. The highest BCUT2D eigenvalue weighted by Gasteiger charge is 2.25. The Morgan fingerprint density at radius 3 is 2.42 bits per heavy atom. The van der Waals surface area contributed by atoms with E-state index in [1.807, 2.05) is 0 Å². The molecule has 0 aliphatic heterocycles. The molecule has 0 radical (unpaired) electrons. The molecular formula is C15H13ClF2O. The lowest BCUT2D eigenvalue weighted by Crippen LogP contribution is -2.24. The van der Waals surface area contributed by atoms with Gasteiger partial charge in [-0.3, -0.25) is 0 Å². The van der Waals surface area contributed by atoms with Gasteiger partial charge in [-0.25, -0.2) is 8.78 Å². The average Bonchev–Trinajstić information content (AvgIpc) is 2.33. The molecule has 1 nitrogen and oxygen atoms in total. The molecule has 100 valence electrons. The third kappa shape index (κ3) is 3.31. The maximum atomic E-state index is 13.2. The second-order valence-corrected chi connectivity index (χ2v) is 5.10. The van der Waals surface area contributed by atoms with Crippen molar-refractivity contribution < 1.29 is 13.9 Å². The number of rotatable bonds is 3. The van der Waals surface area contributed by atoms with Gasteiger partial charge in [-0.05, 0) is 42.3 Å². The molecule has 0 heterocycles. The molecule has 0 saturated heterocycles. The van der Waals surface area contributed by atoms with Gasteiger partial charge in [0.25, 0.3) is 0 Å². The first-order valence-corrected chi connectivity index (χ1v) is 6.19. The van der Waals surface area contributed by atoms with Gasteiger partial charge >= 0.3 is 0 Å². The van der Waals surface area contributed by atoms with Crippen molar-refractivity contribution in [2.75, 3.05) is 0 Å². The van der Waals surface area contributed by atoms with Crippen molar-refractivity contribution >= 4 is 11.6 Å². The predicted molar refractivity (Wildman–Crippen MR) is 71.1 cm³/mol. The van der Waals surface area contributed by atoms with Crippen molar-refractivity contribution in [2.45, 2.75) is 18.9 Å². The first-order chi connectivity index (χ1) is 8.88. The second-order valence-electron chi connectivity index (χ2n) is 4.70. The maximum Gasteiger partial charge on any atom is 0.124 e. The molecule has 4 heteroatoms. The summed E-state index contributed by atoms with van der Waals surface area (Å²) >= 11 is 5.93. The SMILES string of the molecule is CC(O)(Cc1ccc(F)cc1Cl)c1cccc(F)c1. The Balaban J connectivity index is 2.30. The molecule has 2 aromatic rings. The number of hydrogen-bond acceptors (Lipinski definition) is 1. The summed E-state index contributed by atoms with van der Waals surface area (Å²) in [5.74, 6) is -0.845. The van der Waals surface area contributed by atoms with Crippen LogP contribution in [0.2, 0.25) is 5.02 Å². The topological polar surface area (TPSA) is 20.2 Å². The van der Waals surface area contributed by atoms with E-state index >= 15 is 0 Å². The number of halogens is 3. The van der Waals surface area contributed by atoms with E-state index in [-0.39, 0.29) is 11.4 Å². The third-order valence-corrected chi connectivity index (χ3v) is 3.35. The van der Waals surface area contributed by atoms with E-state index in [0.29, 0.717) is 11.1 Å². The molecule has 2 rings (SSSR count). The molecule has 0 spiro atoms. The molecule has 0 bridgehead atoms. The fourth-order valence-corrected chi connectivity index (χ4v) is 2.20. The van der Waals surface area contributed by atoms with Gasteiger partial charge in [-0.1, -0.05) is 29.8 Å². The largest absolute Gasteiger partial charge is 0.385 e. The van der Waals surface area contributed by atoms with Gasteiger partial charge in [0, 0.05) is 11.4 Å². The number of hydrogen-bond donors (Lipinski definition) is 1. The van der Waals surface area contributed by atoms with Crippen molar-refractivity contribution in [2.24, 2.45) is 0 Å². The summed E-state index contributed by atoms with van der Waals surface area (Å²) in [5.41, 5.74) is -0.214. The lowest BCUT2D eigenvalue weighted by Gasteiger charge is -2.24. The Kier molecular flexibility index (Phi) is 3.88. The fraction of sp³-hybridized carbons (Fsp3) is 0.200. The average molecular weight is 283 g/mol.